The molecule has 2 unspecified atom stereocenters. The second-order valence-corrected chi connectivity index (χ2v) is 7.61. The molecule has 1 aromatic rings. The minimum atomic E-state index is -0.630. The minimum absolute atomic E-state index is 0.0185. The zero-order chi connectivity index (χ0) is 16.6. The molecule has 3 atom stereocenters. The van der Waals surface area contributed by atoms with E-state index < -0.39 is 5.97 Å². The zero-order valence-corrected chi connectivity index (χ0v) is 13.8. The molecule has 0 heterocycles. The molecule has 4 rings (SSSR count). The van der Waals surface area contributed by atoms with E-state index in [-0.39, 0.29) is 17.4 Å². The number of phenolic OH excluding ortho intramolecular Hbond substituents is 1. The Bertz CT molecular complexity index is 596. The molecule has 0 spiro atoms. The van der Waals surface area contributed by atoms with Gasteiger partial charge in [0.2, 0.25) is 0 Å². The number of phenols is 1. The number of fused-ring (bicyclic) bond motifs is 4. The third kappa shape index (κ3) is 3.23. The van der Waals surface area contributed by atoms with Gasteiger partial charge in [-0.05, 0) is 61.3 Å². The average molecular weight is 317 g/mol. The van der Waals surface area contributed by atoms with Crippen LogP contribution in [0.25, 0.3) is 0 Å². The summed E-state index contributed by atoms with van der Waals surface area (Å²) in [5.41, 5.74) is 9.26. The Labute approximate surface area is 137 Å². The van der Waals surface area contributed by atoms with Crippen LogP contribution in [0.4, 0.5) is 0 Å². The third-order valence-corrected chi connectivity index (χ3v) is 5.88. The van der Waals surface area contributed by atoms with Crippen LogP contribution in [-0.4, -0.2) is 22.2 Å². The van der Waals surface area contributed by atoms with Gasteiger partial charge >= 0.3 is 5.97 Å². The van der Waals surface area contributed by atoms with Gasteiger partial charge in [-0.25, -0.2) is 0 Å². The van der Waals surface area contributed by atoms with Crippen LogP contribution in [0.5, 0.6) is 5.75 Å². The van der Waals surface area contributed by atoms with Crippen LogP contribution in [0.2, 0.25) is 0 Å². The Morgan fingerprint density at radius 1 is 1.26 bits per heavy atom. The average Bonchev–Trinajstić information content (AvgIpc) is 3.35. The van der Waals surface area contributed by atoms with Crippen LogP contribution in [0, 0.1) is 11.8 Å². The molecule has 3 aliphatic rings. The van der Waals surface area contributed by atoms with Gasteiger partial charge in [0.15, 0.2) is 0 Å². The van der Waals surface area contributed by atoms with E-state index in [4.69, 9.17) is 10.8 Å². The molecule has 0 radical (unpaired) electrons. The first kappa shape index (κ1) is 16.3. The second-order valence-electron chi connectivity index (χ2n) is 7.61. The van der Waals surface area contributed by atoms with Crippen molar-refractivity contribution >= 4 is 5.97 Å². The summed E-state index contributed by atoms with van der Waals surface area (Å²) in [6.07, 6.45) is 7.86. The molecule has 23 heavy (non-hydrogen) atoms. The summed E-state index contributed by atoms with van der Waals surface area (Å²) in [4.78, 5) is 9.76. The van der Waals surface area contributed by atoms with Crippen LogP contribution in [-0.2, 0) is 16.6 Å². The monoisotopic (exact) mass is 317 g/mol. The molecule has 0 aliphatic heterocycles. The van der Waals surface area contributed by atoms with Crippen LogP contribution in [0.15, 0.2) is 18.2 Å². The number of aromatic hydroxyl groups is 1. The van der Waals surface area contributed by atoms with E-state index in [0.717, 1.165) is 25.7 Å². The number of hydrogen-bond donors (Lipinski definition) is 3. The molecule has 2 bridgehead atoms. The molecule has 3 aliphatic carbocycles. The van der Waals surface area contributed by atoms with E-state index in [0.29, 0.717) is 11.7 Å². The maximum absolute atomic E-state index is 9.76. The van der Waals surface area contributed by atoms with Gasteiger partial charge in [-0.1, -0.05) is 25.8 Å². The lowest BCUT2D eigenvalue weighted by molar-refractivity contribution is -0.138. The summed E-state index contributed by atoms with van der Waals surface area (Å²) in [7, 11) is 0. The molecule has 4 N–H and O–H groups in total. The number of hydrogen-bond acceptors (Lipinski definition) is 3. The number of aliphatic carboxylic acids is 1. The van der Waals surface area contributed by atoms with E-state index in [1.54, 1.807) is 0 Å². The van der Waals surface area contributed by atoms with Crippen molar-refractivity contribution in [1.82, 2.24) is 0 Å². The standard InChI is InChI=1S/C15H21NO.C4H6O2/c1-15-7-3-2-4-11(14(15)16)8-10-5-6-12(17)9-13(10)15;5-4(6)3-1-2-3/h5-6,9,11,14,17H,2-4,7-8,16H2,1H3;3H,1-2H2,(H,5,6)/t11?,14?,15-;/m1./s1. The molecule has 0 amide bonds. The lowest BCUT2D eigenvalue weighted by atomic mass is 9.63. The van der Waals surface area contributed by atoms with Crippen molar-refractivity contribution < 1.29 is 15.0 Å². The summed E-state index contributed by atoms with van der Waals surface area (Å²) < 4.78 is 0. The molecule has 4 nitrogen and oxygen atoms in total. The van der Waals surface area contributed by atoms with Crippen molar-refractivity contribution in [3.8, 4) is 5.75 Å². The molecular formula is C19H27NO3. The fourth-order valence-electron chi connectivity index (χ4n) is 4.20. The van der Waals surface area contributed by atoms with Gasteiger partial charge in [-0.15, -0.1) is 0 Å². The highest BCUT2D eigenvalue weighted by atomic mass is 16.4. The van der Waals surface area contributed by atoms with Crippen LogP contribution in [0.3, 0.4) is 0 Å². The molecule has 126 valence electrons. The number of carboxylic acid groups (broad SMARTS) is 1. The Morgan fingerprint density at radius 3 is 2.61 bits per heavy atom. The molecule has 0 aromatic heterocycles. The quantitative estimate of drug-likeness (QED) is 0.742. The Balaban J connectivity index is 0.000000220. The van der Waals surface area contributed by atoms with Gasteiger partial charge in [0.25, 0.3) is 0 Å². The van der Waals surface area contributed by atoms with Crippen molar-refractivity contribution in [3.05, 3.63) is 29.3 Å². The minimum Gasteiger partial charge on any atom is -0.508 e. The van der Waals surface area contributed by atoms with Gasteiger partial charge in [0.1, 0.15) is 5.75 Å². The number of benzene rings is 1. The SMILES string of the molecule is C[C@@]12CCCCC(Cc3ccc(O)cc31)C2N.O=C(O)C1CC1. The summed E-state index contributed by atoms with van der Waals surface area (Å²) in [5, 5.41) is 17.8. The van der Waals surface area contributed by atoms with Crippen molar-refractivity contribution in [1.29, 1.82) is 0 Å². The van der Waals surface area contributed by atoms with Gasteiger partial charge in [0.05, 0.1) is 5.92 Å². The van der Waals surface area contributed by atoms with E-state index in [1.165, 1.54) is 30.4 Å². The smallest absolute Gasteiger partial charge is 0.306 e. The van der Waals surface area contributed by atoms with Crippen molar-refractivity contribution in [2.75, 3.05) is 0 Å². The maximum atomic E-state index is 9.76. The molecule has 2 saturated carbocycles. The first-order chi connectivity index (χ1) is 10.9. The van der Waals surface area contributed by atoms with Crippen molar-refractivity contribution in [2.24, 2.45) is 17.6 Å². The first-order valence-electron chi connectivity index (χ1n) is 8.72. The maximum Gasteiger partial charge on any atom is 0.306 e. The van der Waals surface area contributed by atoms with E-state index in [2.05, 4.69) is 13.0 Å². The summed E-state index contributed by atoms with van der Waals surface area (Å²) in [5.74, 6) is 0.388. The number of nitrogens with two attached hydrogens (primary N) is 1. The zero-order valence-electron chi connectivity index (χ0n) is 13.8. The Kier molecular flexibility index (Phi) is 4.37. The highest BCUT2D eigenvalue weighted by molar-refractivity contribution is 5.72. The molecule has 4 heteroatoms. The largest absolute Gasteiger partial charge is 0.508 e. The number of carboxylic acids is 1. The second kappa shape index (κ2) is 6.16. The number of rotatable bonds is 1. The molecule has 0 saturated heterocycles. The van der Waals surface area contributed by atoms with Gasteiger partial charge in [0, 0.05) is 11.5 Å². The third-order valence-electron chi connectivity index (χ3n) is 5.88. The van der Waals surface area contributed by atoms with Crippen LogP contribution >= 0.6 is 0 Å². The van der Waals surface area contributed by atoms with Crippen molar-refractivity contribution in [2.45, 2.75) is 63.3 Å². The van der Waals surface area contributed by atoms with E-state index >= 15 is 0 Å². The topological polar surface area (TPSA) is 83.5 Å². The lowest BCUT2D eigenvalue weighted by Crippen LogP contribution is -2.51. The molecule has 1 aromatic carbocycles. The highest BCUT2D eigenvalue weighted by Gasteiger charge is 2.44. The summed E-state index contributed by atoms with van der Waals surface area (Å²) >= 11 is 0. The molecule has 2 fully saturated rings. The summed E-state index contributed by atoms with van der Waals surface area (Å²) in [6, 6.07) is 6.09. The van der Waals surface area contributed by atoms with E-state index in [1.807, 2.05) is 12.1 Å². The Morgan fingerprint density at radius 2 is 2.00 bits per heavy atom. The van der Waals surface area contributed by atoms with Gasteiger partial charge < -0.3 is 15.9 Å². The predicted octanol–water partition coefficient (Wildman–Crippen LogP) is 3.20. The van der Waals surface area contributed by atoms with Gasteiger partial charge in [-0.2, -0.15) is 0 Å². The normalized spacial score (nSPS) is 32.1. The van der Waals surface area contributed by atoms with Crippen LogP contribution in [0.1, 0.15) is 56.6 Å². The highest BCUT2D eigenvalue weighted by Crippen LogP contribution is 2.47. The fraction of sp³-hybridized carbons (Fsp3) is 0.632. The predicted molar refractivity (Wildman–Crippen MR) is 89.5 cm³/mol. The lowest BCUT2D eigenvalue weighted by Gasteiger charge is -2.44. The Hall–Kier alpha value is -1.55. The fourth-order valence-corrected chi connectivity index (χ4v) is 4.20. The number of carbonyl (C=O) groups is 1. The van der Waals surface area contributed by atoms with Gasteiger partial charge in [-0.3, -0.25) is 4.79 Å². The van der Waals surface area contributed by atoms with Crippen LogP contribution < -0.4 is 5.73 Å². The van der Waals surface area contributed by atoms with E-state index in [9.17, 15) is 9.90 Å². The first-order valence-corrected chi connectivity index (χ1v) is 8.72. The van der Waals surface area contributed by atoms with Crippen molar-refractivity contribution in [3.63, 3.8) is 0 Å². The molecular weight excluding hydrogens is 290 g/mol. The summed E-state index contributed by atoms with van der Waals surface area (Å²) in [6.45, 7) is 2.29.